The van der Waals surface area contributed by atoms with Crippen molar-refractivity contribution in [1.82, 2.24) is 9.88 Å². The molecule has 1 heterocycles. The number of ether oxygens (including phenoxy) is 1. The summed E-state index contributed by atoms with van der Waals surface area (Å²) in [6, 6.07) is 9.29. The number of amides is 2. The molecular formula is C18H20N2O4S. The molecule has 0 aliphatic heterocycles. The Balaban J connectivity index is 1.76. The van der Waals surface area contributed by atoms with Crippen molar-refractivity contribution in [2.75, 3.05) is 12.4 Å². The number of imide groups is 1. The summed E-state index contributed by atoms with van der Waals surface area (Å²) in [6.45, 7) is 3.47. The second-order valence-electron chi connectivity index (χ2n) is 5.60. The van der Waals surface area contributed by atoms with Crippen molar-refractivity contribution in [3.63, 3.8) is 0 Å². The number of hydrogen-bond donors (Lipinski definition) is 1. The van der Waals surface area contributed by atoms with Crippen LogP contribution in [0.3, 0.4) is 0 Å². The van der Waals surface area contributed by atoms with Crippen LogP contribution in [-0.2, 0) is 21.4 Å². The molecular weight excluding hydrogens is 340 g/mol. The Hall–Kier alpha value is -2.54. The molecule has 2 aromatic rings. The smallest absolute Gasteiger partial charge is 0.316 e. The minimum atomic E-state index is -0.656. The largest absolute Gasteiger partial charge is 0.455 e. The van der Waals surface area contributed by atoms with Gasteiger partial charge in [0.2, 0.25) is 0 Å². The maximum Gasteiger partial charge on any atom is 0.316 e. The van der Waals surface area contributed by atoms with Crippen LogP contribution in [0.1, 0.15) is 21.6 Å². The molecule has 7 heteroatoms. The van der Waals surface area contributed by atoms with Gasteiger partial charge in [-0.3, -0.25) is 19.7 Å². The molecule has 0 bridgehead atoms. The third-order valence-corrected chi connectivity index (χ3v) is 4.61. The minimum Gasteiger partial charge on any atom is -0.455 e. The van der Waals surface area contributed by atoms with E-state index in [1.165, 1.54) is 11.8 Å². The second-order valence-corrected chi connectivity index (χ2v) is 6.62. The quantitative estimate of drug-likeness (QED) is 0.631. The fourth-order valence-electron chi connectivity index (χ4n) is 2.11. The van der Waals surface area contributed by atoms with Crippen LogP contribution in [0.25, 0.3) is 0 Å². The number of nitrogens with one attached hydrogen (secondary N) is 1. The van der Waals surface area contributed by atoms with Gasteiger partial charge < -0.3 is 9.30 Å². The van der Waals surface area contributed by atoms with E-state index < -0.39 is 24.4 Å². The van der Waals surface area contributed by atoms with Crippen molar-refractivity contribution in [1.29, 1.82) is 0 Å². The SMILES string of the molecule is Cc1ccc(C)c(SCC(=O)OCC(=O)NC(=O)c2cccn2C)c1. The minimum absolute atomic E-state index is 0.101. The van der Waals surface area contributed by atoms with E-state index >= 15 is 0 Å². The van der Waals surface area contributed by atoms with E-state index in [4.69, 9.17) is 4.74 Å². The lowest BCUT2D eigenvalue weighted by atomic mass is 10.2. The van der Waals surface area contributed by atoms with Crippen LogP contribution in [0, 0.1) is 13.8 Å². The molecule has 1 N–H and O–H groups in total. The Morgan fingerprint density at radius 1 is 1.20 bits per heavy atom. The number of carbonyl (C=O) groups is 3. The van der Waals surface area contributed by atoms with Crippen molar-refractivity contribution in [3.05, 3.63) is 53.3 Å². The summed E-state index contributed by atoms with van der Waals surface area (Å²) in [6.07, 6.45) is 1.70. The first-order valence-corrected chi connectivity index (χ1v) is 8.66. The van der Waals surface area contributed by atoms with Gasteiger partial charge in [-0.25, -0.2) is 0 Å². The number of rotatable bonds is 6. The highest BCUT2D eigenvalue weighted by atomic mass is 32.2. The van der Waals surface area contributed by atoms with E-state index in [1.807, 2.05) is 32.0 Å². The number of benzene rings is 1. The molecule has 1 aromatic carbocycles. The van der Waals surface area contributed by atoms with Crippen LogP contribution in [0.5, 0.6) is 0 Å². The van der Waals surface area contributed by atoms with Crippen molar-refractivity contribution in [2.24, 2.45) is 7.05 Å². The molecule has 0 aliphatic carbocycles. The zero-order valence-electron chi connectivity index (χ0n) is 14.4. The molecule has 0 atom stereocenters. The summed E-state index contributed by atoms with van der Waals surface area (Å²) in [4.78, 5) is 36.4. The Morgan fingerprint density at radius 3 is 2.64 bits per heavy atom. The van der Waals surface area contributed by atoms with Gasteiger partial charge in [0.1, 0.15) is 5.69 Å². The lowest BCUT2D eigenvalue weighted by Crippen LogP contribution is -2.35. The maximum atomic E-state index is 11.9. The van der Waals surface area contributed by atoms with Crippen LogP contribution < -0.4 is 5.32 Å². The summed E-state index contributed by atoms with van der Waals surface area (Å²) < 4.78 is 6.51. The van der Waals surface area contributed by atoms with E-state index in [1.54, 1.807) is 29.9 Å². The first kappa shape index (κ1) is 18.8. The molecule has 25 heavy (non-hydrogen) atoms. The average molecular weight is 360 g/mol. The number of esters is 1. The van der Waals surface area contributed by atoms with Gasteiger partial charge in [-0.2, -0.15) is 0 Å². The first-order chi connectivity index (χ1) is 11.9. The summed E-state index contributed by atoms with van der Waals surface area (Å²) in [7, 11) is 1.70. The summed E-state index contributed by atoms with van der Waals surface area (Å²) in [5.74, 6) is -1.59. The molecule has 0 unspecified atom stereocenters. The van der Waals surface area contributed by atoms with Crippen molar-refractivity contribution < 1.29 is 19.1 Å². The summed E-state index contributed by atoms with van der Waals surface area (Å²) in [5, 5.41) is 2.19. The molecule has 2 rings (SSSR count). The predicted molar refractivity (Wildman–Crippen MR) is 95.5 cm³/mol. The zero-order valence-corrected chi connectivity index (χ0v) is 15.2. The predicted octanol–water partition coefficient (Wildman–Crippen LogP) is 2.23. The number of aromatic nitrogens is 1. The highest BCUT2D eigenvalue weighted by molar-refractivity contribution is 8.00. The van der Waals surface area contributed by atoms with Gasteiger partial charge in [0, 0.05) is 18.1 Å². The number of aryl methyl sites for hydroxylation is 3. The zero-order chi connectivity index (χ0) is 18.4. The maximum absolute atomic E-state index is 11.9. The molecule has 0 aliphatic rings. The Bertz CT molecular complexity index is 798. The fraction of sp³-hybridized carbons (Fsp3) is 0.278. The summed E-state index contributed by atoms with van der Waals surface area (Å²) >= 11 is 1.36. The van der Waals surface area contributed by atoms with Gasteiger partial charge in [-0.1, -0.05) is 17.7 Å². The van der Waals surface area contributed by atoms with Crippen molar-refractivity contribution in [3.8, 4) is 0 Å². The third kappa shape index (κ3) is 5.49. The Kier molecular flexibility index (Phi) is 6.41. The summed E-state index contributed by atoms with van der Waals surface area (Å²) in [5.41, 5.74) is 2.54. The Morgan fingerprint density at radius 2 is 1.96 bits per heavy atom. The second kappa shape index (κ2) is 8.53. The van der Waals surface area contributed by atoms with E-state index in [0.29, 0.717) is 5.69 Å². The van der Waals surface area contributed by atoms with Crippen LogP contribution in [0.4, 0.5) is 0 Å². The molecule has 2 amide bonds. The molecule has 0 saturated heterocycles. The lowest BCUT2D eigenvalue weighted by Gasteiger charge is -2.08. The third-order valence-electron chi connectivity index (χ3n) is 3.48. The molecule has 1 aromatic heterocycles. The number of nitrogens with zero attached hydrogens (tertiary/aromatic N) is 1. The van der Waals surface area contributed by atoms with Gasteiger partial charge in [0.15, 0.2) is 6.61 Å². The number of hydrogen-bond acceptors (Lipinski definition) is 5. The normalized spacial score (nSPS) is 10.4. The monoisotopic (exact) mass is 360 g/mol. The molecule has 0 spiro atoms. The molecule has 132 valence electrons. The first-order valence-electron chi connectivity index (χ1n) is 7.68. The van der Waals surface area contributed by atoms with Crippen molar-refractivity contribution in [2.45, 2.75) is 18.7 Å². The van der Waals surface area contributed by atoms with Crippen molar-refractivity contribution >= 4 is 29.5 Å². The van der Waals surface area contributed by atoms with E-state index in [9.17, 15) is 14.4 Å². The van der Waals surface area contributed by atoms with E-state index in [-0.39, 0.29) is 5.75 Å². The van der Waals surface area contributed by atoms with Gasteiger partial charge >= 0.3 is 5.97 Å². The van der Waals surface area contributed by atoms with Crippen LogP contribution in [-0.4, -0.2) is 34.7 Å². The fourth-order valence-corrected chi connectivity index (χ4v) is 3.03. The number of carbonyl (C=O) groups excluding carboxylic acids is 3. The van der Waals surface area contributed by atoms with Crippen LogP contribution >= 0.6 is 11.8 Å². The molecule has 6 nitrogen and oxygen atoms in total. The molecule has 0 saturated carbocycles. The topological polar surface area (TPSA) is 77.4 Å². The van der Waals surface area contributed by atoms with Gasteiger partial charge in [-0.05, 0) is 37.6 Å². The Labute approximate surface area is 150 Å². The average Bonchev–Trinajstić information content (AvgIpc) is 3.00. The molecule has 0 fully saturated rings. The van der Waals surface area contributed by atoms with E-state index in [2.05, 4.69) is 5.32 Å². The van der Waals surface area contributed by atoms with Crippen LogP contribution in [0.15, 0.2) is 41.4 Å². The van der Waals surface area contributed by atoms with Gasteiger partial charge in [0.05, 0.1) is 5.75 Å². The van der Waals surface area contributed by atoms with Gasteiger partial charge in [-0.15, -0.1) is 11.8 Å². The van der Waals surface area contributed by atoms with E-state index in [0.717, 1.165) is 16.0 Å². The number of thioether (sulfide) groups is 1. The molecule has 0 radical (unpaired) electrons. The van der Waals surface area contributed by atoms with Crippen LogP contribution in [0.2, 0.25) is 0 Å². The standard InChI is InChI=1S/C18H20N2O4S/c1-12-6-7-13(2)15(9-12)25-11-17(22)24-10-16(21)19-18(23)14-5-4-8-20(14)3/h4-9H,10-11H2,1-3H3,(H,19,21,23). The highest BCUT2D eigenvalue weighted by Gasteiger charge is 2.14. The highest BCUT2D eigenvalue weighted by Crippen LogP contribution is 2.23. The lowest BCUT2D eigenvalue weighted by molar-refractivity contribution is -0.145. The van der Waals surface area contributed by atoms with Gasteiger partial charge in [0.25, 0.3) is 11.8 Å².